The Balaban J connectivity index is 1.70. The zero-order chi connectivity index (χ0) is 20.2. The van der Waals surface area contributed by atoms with Crippen LogP contribution in [-0.2, 0) is 11.3 Å². The summed E-state index contributed by atoms with van der Waals surface area (Å²) in [6.07, 6.45) is 0. The van der Waals surface area contributed by atoms with Gasteiger partial charge in [-0.15, -0.1) is 10.1 Å². The Bertz CT molecular complexity index is 950. The monoisotopic (exact) mass is 401 g/mol. The van der Waals surface area contributed by atoms with E-state index >= 15 is 0 Å². The number of amidine groups is 1. The molecule has 1 atom stereocenters. The lowest BCUT2D eigenvalue weighted by molar-refractivity contribution is -0.528. The van der Waals surface area contributed by atoms with Gasteiger partial charge in [-0.2, -0.15) is 0 Å². The van der Waals surface area contributed by atoms with E-state index in [-0.39, 0.29) is 24.5 Å². The Kier molecular flexibility index (Phi) is 4.45. The molecule has 0 N–H and O–H groups in total. The van der Waals surface area contributed by atoms with Crippen molar-refractivity contribution in [3.63, 3.8) is 0 Å². The highest BCUT2D eigenvalue weighted by molar-refractivity contribution is 6.30. The van der Waals surface area contributed by atoms with Crippen molar-refractivity contribution >= 4 is 41.0 Å². The van der Waals surface area contributed by atoms with Gasteiger partial charge in [0.15, 0.2) is 0 Å². The second-order valence-corrected chi connectivity index (χ2v) is 7.90. The van der Waals surface area contributed by atoms with E-state index in [4.69, 9.17) is 11.6 Å². The van der Waals surface area contributed by atoms with Crippen LogP contribution in [0.2, 0.25) is 5.02 Å². The van der Waals surface area contributed by atoms with Gasteiger partial charge in [0.05, 0.1) is 18.3 Å². The van der Waals surface area contributed by atoms with Gasteiger partial charge in [-0.25, -0.2) is 9.37 Å². The third-order valence-electron chi connectivity index (χ3n) is 5.01. The van der Waals surface area contributed by atoms with Crippen LogP contribution in [0.5, 0.6) is 0 Å². The Morgan fingerprint density at radius 1 is 1.25 bits per heavy atom. The van der Waals surface area contributed by atoms with Crippen molar-refractivity contribution in [2.45, 2.75) is 39.4 Å². The first-order valence-corrected chi connectivity index (χ1v) is 9.54. The second kappa shape index (κ2) is 6.70. The molecule has 0 aromatic heterocycles. The number of hydrogen-bond acceptors (Lipinski definition) is 5. The summed E-state index contributed by atoms with van der Waals surface area (Å²) in [7, 11) is 1.65. The van der Waals surface area contributed by atoms with Crippen LogP contribution in [0, 0.1) is 0 Å². The molecule has 0 spiro atoms. The topological polar surface area (TPSA) is 71.6 Å². The summed E-state index contributed by atoms with van der Waals surface area (Å²) in [5.74, 6) is 0.792. The first-order valence-electron chi connectivity index (χ1n) is 9.17. The summed E-state index contributed by atoms with van der Waals surface area (Å²) < 4.78 is 1.93. The van der Waals surface area contributed by atoms with E-state index in [0.29, 0.717) is 23.4 Å². The predicted octanol–water partition coefficient (Wildman–Crippen LogP) is 1.98. The molecule has 9 heteroatoms. The van der Waals surface area contributed by atoms with Crippen molar-refractivity contribution in [1.29, 1.82) is 0 Å². The van der Waals surface area contributed by atoms with Crippen LogP contribution in [0.25, 0.3) is 0 Å². The second-order valence-electron chi connectivity index (χ2n) is 7.47. The average molecular weight is 402 g/mol. The number of benzene rings is 1. The molecule has 0 saturated carbocycles. The van der Waals surface area contributed by atoms with Crippen molar-refractivity contribution in [3.8, 4) is 0 Å². The first kappa shape index (κ1) is 18.6. The minimum Gasteiger partial charge on any atom is -0.270 e. The van der Waals surface area contributed by atoms with E-state index in [1.165, 1.54) is 9.80 Å². The van der Waals surface area contributed by atoms with Gasteiger partial charge < -0.3 is 0 Å². The van der Waals surface area contributed by atoms with Crippen LogP contribution in [0.4, 0.5) is 4.79 Å². The van der Waals surface area contributed by atoms with Crippen molar-refractivity contribution < 1.29 is 14.2 Å². The fourth-order valence-electron chi connectivity index (χ4n) is 3.62. The minimum absolute atomic E-state index is 0.0820. The molecule has 1 unspecified atom stereocenters. The van der Waals surface area contributed by atoms with Gasteiger partial charge in [0.1, 0.15) is 6.54 Å². The standard InChI is InChI=1S/C19H22ClN6O2/c1-11(2)26-18-21-16-15(24(18)9-12(3)22-26)17(27)25(19(28)23(16)4)10-13-5-7-14(20)8-6-13/h5-8,11,15H,9-10H2,1-4H3/q+1. The normalized spacial score (nSPS) is 21.9. The van der Waals surface area contributed by atoms with Crippen molar-refractivity contribution in [1.82, 2.24) is 14.8 Å². The number of fused-ring (bicyclic) bond motifs is 2. The fraction of sp³-hybridized carbons (Fsp3) is 0.421. The maximum Gasteiger partial charge on any atom is 0.416 e. The van der Waals surface area contributed by atoms with E-state index in [2.05, 4.69) is 10.1 Å². The fourth-order valence-corrected chi connectivity index (χ4v) is 3.75. The Morgan fingerprint density at radius 3 is 2.57 bits per heavy atom. The summed E-state index contributed by atoms with van der Waals surface area (Å²) in [6.45, 7) is 6.64. The number of urea groups is 1. The van der Waals surface area contributed by atoms with Gasteiger partial charge in [0.25, 0.3) is 5.91 Å². The molecular weight excluding hydrogens is 380 g/mol. The van der Waals surface area contributed by atoms with E-state index in [9.17, 15) is 9.59 Å². The molecule has 8 nitrogen and oxygen atoms in total. The van der Waals surface area contributed by atoms with Crippen LogP contribution >= 0.6 is 11.6 Å². The third-order valence-corrected chi connectivity index (χ3v) is 5.27. The predicted molar refractivity (Wildman–Crippen MR) is 107 cm³/mol. The molecule has 3 aliphatic rings. The SMILES string of the molecule is CC1=NN(C(C)C)C2=[N+](C1)C1C(=O)N(Cc3ccc(Cl)cc3)C(=O)N(C)C1=N2. The number of aliphatic imine (C=N–C) groups is 1. The van der Waals surface area contributed by atoms with Gasteiger partial charge >= 0.3 is 12.0 Å². The Morgan fingerprint density at radius 2 is 1.93 bits per heavy atom. The van der Waals surface area contributed by atoms with Crippen LogP contribution in [-0.4, -0.2) is 74.5 Å². The van der Waals surface area contributed by atoms with Gasteiger partial charge in [-0.05, 0) is 38.5 Å². The largest absolute Gasteiger partial charge is 0.416 e. The van der Waals surface area contributed by atoms with E-state index in [1.807, 2.05) is 37.5 Å². The van der Waals surface area contributed by atoms with Crippen LogP contribution in [0.15, 0.2) is 34.4 Å². The lowest BCUT2D eigenvalue weighted by atomic mass is 10.1. The van der Waals surface area contributed by atoms with Gasteiger partial charge in [-0.1, -0.05) is 28.7 Å². The number of guanidine groups is 1. The summed E-state index contributed by atoms with van der Waals surface area (Å²) >= 11 is 5.94. The summed E-state index contributed by atoms with van der Waals surface area (Å²) in [5, 5.41) is 6.98. The Hall–Kier alpha value is -2.74. The molecule has 1 fully saturated rings. The molecule has 28 heavy (non-hydrogen) atoms. The van der Waals surface area contributed by atoms with Gasteiger partial charge in [0.2, 0.25) is 11.9 Å². The number of nitrogens with zero attached hydrogens (tertiary/aromatic N) is 6. The van der Waals surface area contributed by atoms with Gasteiger partial charge in [-0.3, -0.25) is 14.6 Å². The lowest BCUT2D eigenvalue weighted by Gasteiger charge is -2.34. The summed E-state index contributed by atoms with van der Waals surface area (Å²) in [5.41, 5.74) is 1.73. The number of carbonyl (C=O) groups is 2. The number of likely N-dealkylation sites (N-methyl/N-ethyl adjacent to an activating group) is 1. The smallest absolute Gasteiger partial charge is 0.270 e. The van der Waals surface area contributed by atoms with Crippen molar-refractivity contribution in [2.75, 3.05) is 13.6 Å². The molecule has 1 aromatic rings. The molecule has 1 aromatic carbocycles. The molecule has 3 heterocycles. The number of hydrazone groups is 1. The molecule has 146 valence electrons. The average Bonchev–Trinajstić information content (AvgIpc) is 3.03. The highest BCUT2D eigenvalue weighted by Crippen LogP contribution is 2.25. The van der Waals surface area contributed by atoms with Crippen LogP contribution in [0.1, 0.15) is 26.3 Å². The van der Waals surface area contributed by atoms with Crippen molar-refractivity contribution in [2.24, 2.45) is 10.1 Å². The minimum atomic E-state index is -0.628. The maximum absolute atomic E-state index is 13.3. The Labute approximate surface area is 168 Å². The molecule has 3 amide bonds. The molecule has 4 rings (SSSR count). The zero-order valence-corrected chi connectivity index (χ0v) is 17.0. The van der Waals surface area contributed by atoms with E-state index < -0.39 is 6.04 Å². The molecule has 1 saturated heterocycles. The first-order chi connectivity index (χ1) is 13.3. The quantitative estimate of drug-likeness (QED) is 0.727. The molecule has 3 aliphatic heterocycles. The number of amides is 3. The number of hydrogen-bond donors (Lipinski definition) is 0. The van der Waals surface area contributed by atoms with Gasteiger partial charge in [0, 0.05) is 12.1 Å². The number of rotatable bonds is 3. The van der Waals surface area contributed by atoms with E-state index in [0.717, 1.165) is 11.3 Å². The van der Waals surface area contributed by atoms with Crippen molar-refractivity contribution in [3.05, 3.63) is 34.9 Å². The number of halogens is 1. The zero-order valence-electron chi connectivity index (χ0n) is 16.3. The molecule has 0 aliphatic carbocycles. The molecular formula is C19H22ClN6O2+. The summed E-state index contributed by atoms with van der Waals surface area (Å²) in [4.78, 5) is 33.6. The number of imide groups is 1. The summed E-state index contributed by atoms with van der Waals surface area (Å²) in [6, 6.07) is 6.20. The van der Waals surface area contributed by atoms with Crippen LogP contribution in [0.3, 0.4) is 0 Å². The molecule has 0 bridgehead atoms. The maximum atomic E-state index is 13.3. The highest BCUT2D eigenvalue weighted by Gasteiger charge is 2.54. The lowest BCUT2D eigenvalue weighted by Crippen LogP contribution is -2.63. The third kappa shape index (κ3) is 2.88. The molecule has 0 radical (unpaired) electrons. The highest BCUT2D eigenvalue weighted by atomic mass is 35.5. The van der Waals surface area contributed by atoms with E-state index in [1.54, 1.807) is 24.2 Å². The van der Waals surface area contributed by atoms with Crippen LogP contribution < -0.4 is 0 Å². The number of carbonyl (C=O) groups excluding carboxylic acids is 2.